The fourth-order valence-corrected chi connectivity index (χ4v) is 3.27. The average Bonchev–Trinajstić information content (AvgIpc) is 3.31. The zero-order chi connectivity index (χ0) is 16.8. The Bertz CT molecular complexity index is 955. The lowest BCUT2D eigenvalue weighted by Gasteiger charge is -2.12. The van der Waals surface area contributed by atoms with Crippen molar-refractivity contribution in [2.75, 3.05) is 5.32 Å². The van der Waals surface area contributed by atoms with E-state index in [4.69, 9.17) is 0 Å². The number of nitrogens with one attached hydrogen (secondary N) is 1. The van der Waals surface area contributed by atoms with Crippen molar-refractivity contribution < 1.29 is 9.90 Å². The molecule has 1 aromatic carbocycles. The third-order valence-electron chi connectivity index (χ3n) is 4.61. The molecule has 3 aromatic rings. The van der Waals surface area contributed by atoms with Crippen LogP contribution in [-0.4, -0.2) is 20.6 Å². The van der Waals surface area contributed by atoms with Crippen LogP contribution in [0.4, 0.5) is 11.5 Å². The number of rotatable bonds is 4. The van der Waals surface area contributed by atoms with Crippen molar-refractivity contribution in [1.29, 1.82) is 0 Å². The summed E-state index contributed by atoms with van der Waals surface area (Å²) in [5.74, 6) is -0.0841. The van der Waals surface area contributed by atoms with Crippen LogP contribution in [-0.2, 0) is 7.05 Å². The Morgan fingerprint density at radius 1 is 1.33 bits per heavy atom. The molecule has 0 bridgehead atoms. The van der Waals surface area contributed by atoms with Gasteiger partial charge in [-0.25, -0.2) is 9.78 Å². The number of fused-ring (bicyclic) bond motifs is 1. The maximum absolute atomic E-state index is 11.6. The minimum absolute atomic E-state index is 0.227. The van der Waals surface area contributed by atoms with E-state index in [9.17, 15) is 9.90 Å². The summed E-state index contributed by atoms with van der Waals surface area (Å²) in [6.07, 6.45) is 6.06. The summed E-state index contributed by atoms with van der Waals surface area (Å²) in [6.45, 7) is 2.05. The highest BCUT2D eigenvalue weighted by atomic mass is 16.4. The SMILES string of the molecule is Cc1cc(Nc2ncc(C3CC3)cc2C(=O)O)cc2ccn(C)c12. The number of carbonyl (C=O) groups is 1. The first-order chi connectivity index (χ1) is 11.5. The Morgan fingerprint density at radius 2 is 2.12 bits per heavy atom. The molecule has 1 saturated carbocycles. The molecule has 2 heterocycles. The van der Waals surface area contributed by atoms with Crippen molar-refractivity contribution >= 4 is 28.4 Å². The average molecular weight is 321 g/mol. The molecule has 122 valence electrons. The Labute approximate surface area is 139 Å². The molecule has 5 nitrogen and oxygen atoms in total. The van der Waals surface area contributed by atoms with E-state index >= 15 is 0 Å². The lowest BCUT2D eigenvalue weighted by atomic mass is 10.1. The molecule has 4 rings (SSSR count). The largest absolute Gasteiger partial charge is 0.478 e. The van der Waals surface area contributed by atoms with Crippen LogP contribution in [0.15, 0.2) is 36.7 Å². The summed E-state index contributed by atoms with van der Waals surface area (Å²) in [5, 5.41) is 13.8. The summed E-state index contributed by atoms with van der Waals surface area (Å²) in [5.41, 5.74) is 4.41. The van der Waals surface area contributed by atoms with Gasteiger partial charge in [0.25, 0.3) is 0 Å². The van der Waals surface area contributed by atoms with Gasteiger partial charge < -0.3 is 15.0 Å². The van der Waals surface area contributed by atoms with E-state index in [2.05, 4.69) is 27.9 Å². The van der Waals surface area contributed by atoms with Crippen LogP contribution < -0.4 is 5.32 Å². The first kappa shape index (κ1) is 14.8. The van der Waals surface area contributed by atoms with Crippen LogP contribution >= 0.6 is 0 Å². The summed E-state index contributed by atoms with van der Waals surface area (Å²) in [4.78, 5) is 16.0. The monoisotopic (exact) mass is 321 g/mol. The third-order valence-corrected chi connectivity index (χ3v) is 4.61. The zero-order valence-electron chi connectivity index (χ0n) is 13.7. The van der Waals surface area contributed by atoms with Gasteiger partial charge in [0.15, 0.2) is 0 Å². The molecule has 2 N–H and O–H groups in total. The quantitative estimate of drug-likeness (QED) is 0.755. The molecule has 5 heteroatoms. The number of nitrogens with zero attached hydrogens (tertiary/aromatic N) is 2. The number of hydrogen-bond donors (Lipinski definition) is 2. The molecule has 0 atom stereocenters. The Hall–Kier alpha value is -2.82. The number of aryl methyl sites for hydroxylation is 2. The van der Waals surface area contributed by atoms with E-state index in [1.165, 1.54) is 5.52 Å². The van der Waals surface area contributed by atoms with Crippen LogP contribution in [0.25, 0.3) is 10.9 Å². The van der Waals surface area contributed by atoms with E-state index in [-0.39, 0.29) is 5.56 Å². The lowest BCUT2D eigenvalue weighted by molar-refractivity contribution is 0.0697. The second kappa shape index (κ2) is 5.37. The van der Waals surface area contributed by atoms with Gasteiger partial charge in [0.2, 0.25) is 0 Å². The number of benzene rings is 1. The number of carboxylic acid groups (broad SMARTS) is 1. The van der Waals surface area contributed by atoms with Crippen molar-refractivity contribution in [2.45, 2.75) is 25.7 Å². The predicted octanol–water partition coefficient (Wildman–Crippen LogP) is 4.20. The second-order valence-corrected chi connectivity index (χ2v) is 6.53. The van der Waals surface area contributed by atoms with Gasteiger partial charge in [0.1, 0.15) is 11.4 Å². The molecule has 0 spiro atoms. The van der Waals surface area contributed by atoms with Gasteiger partial charge in [0, 0.05) is 30.5 Å². The van der Waals surface area contributed by atoms with Gasteiger partial charge in [-0.1, -0.05) is 0 Å². The number of aromatic carboxylic acids is 1. The number of anilines is 2. The highest BCUT2D eigenvalue weighted by molar-refractivity contribution is 5.95. The highest BCUT2D eigenvalue weighted by Gasteiger charge is 2.26. The fraction of sp³-hybridized carbons (Fsp3) is 0.263. The third kappa shape index (κ3) is 2.52. The first-order valence-corrected chi connectivity index (χ1v) is 8.09. The van der Waals surface area contributed by atoms with E-state index in [0.29, 0.717) is 11.7 Å². The molecule has 1 aliphatic carbocycles. The van der Waals surface area contributed by atoms with E-state index in [1.807, 2.05) is 25.4 Å². The molecule has 0 radical (unpaired) electrons. The zero-order valence-corrected chi connectivity index (χ0v) is 13.7. The Balaban J connectivity index is 1.73. The highest BCUT2D eigenvalue weighted by Crippen LogP contribution is 2.40. The van der Waals surface area contributed by atoms with Gasteiger partial charge in [0.05, 0.1) is 5.52 Å². The van der Waals surface area contributed by atoms with E-state index < -0.39 is 5.97 Å². The summed E-state index contributed by atoms with van der Waals surface area (Å²) < 4.78 is 2.08. The van der Waals surface area contributed by atoms with Crippen molar-refractivity contribution in [2.24, 2.45) is 7.05 Å². The van der Waals surface area contributed by atoms with Gasteiger partial charge in [-0.15, -0.1) is 0 Å². The fourth-order valence-electron chi connectivity index (χ4n) is 3.27. The van der Waals surface area contributed by atoms with Crippen LogP contribution in [0.1, 0.15) is 40.2 Å². The topological polar surface area (TPSA) is 67.2 Å². The summed E-state index contributed by atoms with van der Waals surface area (Å²) >= 11 is 0. The van der Waals surface area contributed by atoms with Crippen molar-refractivity contribution in [3.63, 3.8) is 0 Å². The number of carboxylic acids is 1. The molecule has 1 aliphatic rings. The molecular weight excluding hydrogens is 302 g/mol. The molecule has 2 aromatic heterocycles. The van der Waals surface area contributed by atoms with Crippen LogP contribution in [0.2, 0.25) is 0 Å². The minimum Gasteiger partial charge on any atom is -0.478 e. The molecule has 0 aliphatic heterocycles. The second-order valence-electron chi connectivity index (χ2n) is 6.53. The van der Waals surface area contributed by atoms with Crippen LogP contribution in [0, 0.1) is 6.92 Å². The number of hydrogen-bond acceptors (Lipinski definition) is 3. The smallest absolute Gasteiger partial charge is 0.339 e. The molecule has 1 fully saturated rings. The Kier molecular flexibility index (Phi) is 3.30. The minimum atomic E-state index is -0.954. The lowest BCUT2D eigenvalue weighted by Crippen LogP contribution is -2.06. The van der Waals surface area contributed by atoms with E-state index in [0.717, 1.165) is 35.0 Å². The summed E-state index contributed by atoms with van der Waals surface area (Å²) in [7, 11) is 2.02. The first-order valence-electron chi connectivity index (χ1n) is 8.09. The molecular formula is C19H19N3O2. The molecule has 0 amide bonds. The van der Waals surface area contributed by atoms with Crippen molar-refractivity contribution in [1.82, 2.24) is 9.55 Å². The number of pyridine rings is 1. The predicted molar refractivity (Wildman–Crippen MR) is 94.1 cm³/mol. The Morgan fingerprint density at radius 3 is 2.83 bits per heavy atom. The maximum atomic E-state index is 11.6. The van der Waals surface area contributed by atoms with Gasteiger partial charge in [-0.05, 0) is 61.1 Å². The maximum Gasteiger partial charge on any atom is 0.339 e. The standard InChI is InChI=1S/C19H19N3O2/c1-11-7-15(8-13-5-6-22(2)17(11)13)21-18-16(19(23)24)9-14(10-20-18)12-3-4-12/h5-10,12H,3-4H2,1-2H3,(H,20,21)(H,23,24). The number of aromatic nitrogens is 2. The van der Waals surface area contributed by atoms with Gasteiger partial charge in [-0.3, -0.25) is 0 Å². The van der Waals surface area contributed by atoms with Crippen LogP contribution in [0.3, 0.4) is 0 Å². The molecule has 0 unspecified atom stereocenters. The summed E-state index contributed by atoms with van der Waals surface area (Å²) in [6, 6.07) is 7.84. The van der Waals surface area contributed by atoms with Crippen molar-refractivity contribution in [3.8, 4) is 0 Å². The van der Waals surface area contributed by atoms with Gasteiger partial charge in [-0.2, -0.15) is 0 Å². The normalized spacial score (nSPS) is 14.1. The van der Waals surface area contributed by atoms with Crippen LogP contribution in [0.5, 0.6) is 0 Å². The molecule has 0 saturated heterocycles. The van der Waals surface area contributed by atoms with E-state index in [1.54, 1.807) is 12.3 Å². The van der Waals surface area contributed by atoms with Crippen molar-refractivity contribution in [3.05, 3.63) is 53.3 Å². The van der Waals surface area contributed by atoms with Gasteiger partial charge >= 0.3 is 5.97 Å². The molecule has 24 heavy (non-hydrogen) atoms.